The lowest BCUT2D eigenvalue weighted by atomic mass is 10.3. The van der Waals surface area contributed by atoms with Gasteiger partial charge in [0.1, 0.15) is 11.7 Å². The van der Waals surface area contributed by atoms with Gasteiger partial charge in [-0.1, -0.05) is 11.2 Å². The van der Waals surface area contributed by atoms with E-state index in [1.54, 1.807) is 31.3 Å². The van der Waals surface area contributed by atoms with E-state index in [4.69, 9.17) is 9.63 Å². The fraction of sp³-hybridized carbons (Fsp3) is 0.176. The summed E-state index contributed by atoms with van der Waals surface area (Å²) in [5.41, 5.74) is 1.43. The van der Waals surface area contributed by atoms with Gasteiger partial charge in [-0.3, -0.25) is 9.78 Å². The van der Waals surface area contributed by atoms with Crippen molar-refractivity contribution in [3.05, 3.63) is 58.2 Å². The second kappa shape index (κ2) is 7.82. The van der Waals surface area contributed by atoms with E-state index in [2.05, 4.69) is 20.4 Å². The topological polar surface area (TPSA) is 101 Å². The van der Waals surface area contributed by atoms with E-state index in [1.807, 2.05) is 17.5 Å². The molecule has 3 aromatic rings. The van der Waals surface area contributed by atoms with Crippen molar-refractivity contribution in [3.8, 4) is 11.5 Å². The van der Waals surface area contributed by atoms with Crippen LogP contribution in [0.5, 0.6) is 0 Å². The van der Waals surface area contributed by atoms with Gasteiger partial charge in [0.05, 0.1) is 6.61 Å². The first-order valence-corrected chi connectivity index (χ1v) is 8.45. The average molecular weight is 356 g/mol. The van der Waals surface area contributed by atoms with Crippen molar-refractivity contribution >= 4 is 23.3 Å². The molecule has 1 atom stereocenters. The third-order valence-corrected chi connectivity index (χ3v) is 4.27. The number of amides is 1. The summed E-state index contributed by atoms with van der Waals surface area (Å²) in [7, 11) is 0. The number of aliphatic hydroxyl groups is 1. The number of hydrogen-bond acceptors (Lipinski definition) is 7. The van der Waals surface area contributed by atoms with Gasteiger partial charge in [0.15, 0.2) is 0 Å². The Morgan fingerprint density at radius 1 is 1.48 bits per heavy atom. The third-order valence-electron chi connectivity index (χ3n) is 3.32. The molecule has 1 amide bonds. The number of carbonyl (C=O) groups is 1. The number of pyridine rings is 1. The van der Waals surface area contributed by atoms with Gasteiger partial charge < -0.3 is 14.9 Å². The van der Waals surface area contributed by atoms with E-state index in [1.165, 1.54) is 17.4 Å². The van der Waals surface area contributed by atoms with Crippen molar-refractivity contribution in [3.63, 3.8) is 0 Å². The molecular weight excluding hydrogens is 340 g/mol. The van der Waals surface area contributed by atoms with Crippen LogP contribution in [0.25, 0.3) is 17.6 Å². The van der Waals surface area contributed by atoms with Gasteiger partial charge in [-0.05, 0) is 42.1 Å². The summed E-state index contributed by atoms with van der Waals surface area (Å²) >= 11 is 1.46. The van der Waals surface area contributed by atoms with Gasteiger partial charge in [0.25, 0.3) is 0 Å². The van der Waals surface area contributed by atoms with Crippen LogP contribution in [-0.4, -0.2) is 26.1 Å². The molecule has 0 aliphatic carbocycles. The van der Waals surface area contributed by atoms with Crippen LogP contribution in [0.15, 0.2) is 46.4 Å². The molecule has 0 saturated carbocycles. The van der Waals surface area contributed by atoms with Crippen molar-refractivity contribution in [2.45, 2.75) is 19.6 Å². The number of carbonyl (C=O) groups excluding carboxylic acids is 1. The minimum absolute atomic E-state index is 0.0106. The summed E-state index contributed by atoms with van der Waals surface area (Å²) in [6.07, 6.45) is 4.77. The summed E-state index contributed by atoms with van der Waals surface area (Å²) in [5, 5.41) is 17.5. The lowest BCUT2D eigenvalue weighted by Crippen LogP contribution is -2.24. The Labute approximate surface area is 148 Å². The Kier molecular flexibility index (Phi) is 5.32. The standard InChI is InChI=1S/C17H16N4O3S/c1-11(17-20-16(21-24-17)14-4-2-3-7-18-14)19-15(23)6-5-13-8-12(9-22)10-25-13/h2-8,10-11,22H,9H2,1H3,(H,19,23). The molecule has 25 heavy (non-hydrogen) atoms. The number of nitrogens with one attached hydrogen (secondary N) is 1. The van der Waals surface area contributed by atoms with Crippen LogP contribution in [0.4, 0.5) is 0 Å². The Hall–Kier alpha value is -2.84. The lowest BCUT2D eigenvalue weighted by Gasteiger charge is -2.06. The monoisotopic (exact) mass is 356 g/mol. The van der Waals surface area contributed by atoms with Gasteiger partial charge in [0.2, 0.25) is 17.6 Å². The molecule has 0 radical (unpaired) electrons. The molecule has 0 aliphatic heterocycles. The maximum atomic E-state index is 12.0. The number of hydrogen-bond donors (Lipinski definition) is 2. The minimum Gasteiger partial charge on any atom is -0.392 e. The first-order valence-electron chi connectivity index (χ1n) is 7.57. The van der Waals surface area contributed by atoms with Crippen molar-refractivity contribution in [2.75, 3.05) is 0 Å². The zero-order chi connectivity index (χ0) is 17.6. The number of nitrogens with zero attached hydrogens (tertiary/aromatic N) is 3. The zero-order valence-electron chi connectivity index (χ0n) is 13.4. The largest absolute Gasteiger partial charge is 0.392 e. The highest BCUT2D eigenvalue weighted by atomic mass is 32.1. The van der Waals surface area contributed by atoms with E-state index < -0.39 is 6.04 Å². The first kappa shape index (κ1) is 17.0. The van der Waals surface area contributed by atoms with Gasteiger partial charge in [0, 0.05) is 17.2 Å². The van der Waals surface area contributed by atoms with Crippen LogP contribution in [-0.2, 0) is 11.4 Å². The van der Waals surface area contributed by atoms with E-state index >= 15 is 0 Å². The number of thiophene rings is 1. The highest BCUT2D eigenvalue weighted by Crippen LogP contribution is 2.17. The summed E-state index contributed by atoms with van der Waals surface area (Å²) < 4.78 is 5.20. The maximum absolute atomic E-state index is 12.0. The average Bonchev–Trinajstić information content (AvgIpc) is 3.30. The van der Waals surface area contributed by atoms with Crippen LogP contribution in [0.1, 0.15) is 29.3 Å². The summed E-state index contributed by atoms with van der Waals surface area (Å²) in [5.74, 6) is 0.410. The van der Waals surface area contributed by atoms with Crippen LogP contribution in [0, 0.1) is 0 Å². The molecule has 0 aromatic carbocycles. The van der Waals surface area contributed by atoms with Gasteiger partial charge in [-0.15, -0.1) is 11.3 Å². The number of aliphatic hydroxyl groups excluding tert-OH is 1. The molecule has 2 N–H and O–H groups in total. The highest BCUT2D eigenvalue weighted by Gasteiger charge is 2.16. The van der Waals surface area contributed by atoms with Crippen LogP contribution < -0.4 is 5.32 Å². The third kappa shape index (κ3) is 4.37. The second-order valence-electron chi connectivity index (χ2n) is 5.25. The Morgan fingerprint density at radius 2 is 2.36 bits per heavy atom. The zero-order valence-corrected chi connectivity index (χ0v) is 14.2. The highest BCUT2D eigenvalue weighted by molar-refractivity contribution is 7.11. The Balaban J connectivity index is 1.61. The summed E-state index contributed by atoms with van der Waals surface area (Å²) in [4.78, 5) is 21.3. The van der Waals surface area contributed by atoms with Crippen molar-refractivity contribution in [2.24, 2.45) is 0 Å². The molecule has 0 fully saturated rings. The molecule has 0 saturated heterocycles. The van der Waals surface area contributed by atoms with Gasteiger partial charge >= 0.3 is 0 Å². The molecule has 0 aliphatic rings. The smallest absolute Gasteiger partial charge is 0.249 e. The molecule has 3 heterocycles. The molecule has 0 bridgehead atoms. The normalized spacial score (nSPS) is 12.4. The first-order chi connectivity index (χ1) is 12.2. The molecule has 3 rings (SSSR count). The summed E-state index contributed by atoms with van der Waals surface area (Å²) in [6, 6.07) is 6.81. The molecule has 0 spiro atoms. The fourth-order valence-electron chi connectivity index (χ4n) is 2.06. The number of rotatable bonds is 6. The van der Waals surface area contributed by atoms with Crippen LogP contribution in [0.2, 0.25) is 0 Å². The van der Waals surface area contributed by atoms with Crippen LogP contribution >= 0.6 is 11.3 Å². The number of aromatic nitrogens is 3. The van der Waals surface area contributed by atoms with Gasteiger partial charge in [-0.2, -0.15) is 4.98 Å². The molecule has 3 aromatic heterocycles. The SMILES string of the molecule is CC(NC(=O)C=Cc1cc(CO)cs1)c1nc(-c2ccccn2)no1. The molecule has 7 nitrogen and oxygen atoms in total. The lowest BCUT2D eigenvalue weighted by molar-refractivity contribution is -0.117. The van der Waals surface area contributed by atoms with E-state index in [9.17, 15) is 4.79 Å². The Morgan fingerprint density at radius 3 is 3.08 bits per heavy atom. The fourth-order valence-corrected chi connectivity index (χ4v) is 2.85. The van der Waals surface area contributed by atoms with Crippen LogP contribution in [0.3, 0.4) is 0 Å². The molecule has 128 valence electrons. The van der Waals surface area contributed by atoms with Crippen molar-refractivity contribution in [1.29, 1.82) is 0 Å². The predicted molar refractivity (Wildman–Crippen MR) is 93.4 cm³/mol. The quantitative estimate of drug-likeness (QED) is 0.658. The maximum Gasteiger partial charge on any atom is 0.249 e. The van der Waals surface area contributed by atoms with Crippen molar-refractivity contribution in [1.82, 2.24) is 20.4 Å². The van der Waals surface area contributed by atoms with E-state index in [0.29, 0.717) is 17.4 Å². The van der Waals surface area contributed by atoms with Crippen molar-refractivity contribution < 1.29 is 14.4 Å². The Bertz CT molecular complexity index is 873. The second-order valence-corrected chi connectivity index (χ2v) is 6.19. The van der Waals surface area contributed by atoms with Gasteiger partial charge in [-0.25, -0.2) is 0 Å². The predicted octanol–water partition coefficient (Wildman–Crippen LogP) is 2.58. The summed E-state index contributed by atoms with van der Waals surface area (Å²) in [6.45, 7) is 1.75. The van der Waals surface area contributed by atoms with E-state index in [-0.39, 0.29) is 12.5 Å². The molecule has 1 unspecified atom stereocenters. The molecule has 8 heteroatoms. The minimum atomic E-state index is -0.432. The molecular formula is C17H16N4O3S. The van der Waals surface area contributed by atoms with E-state index in [0.717, 1.165) is 10.4 Å².